The number of anilines is 1. The van der Waals surface area contributed by atoms with Gasteiger partial charge in [0.25, 0.3) is 0 Å². The molecule has 0 bridgehead atoms. The van der Waals surface area contributed by atoms with Gasteiger partial charge >= 0.3 is 0 Å². The predicted molar refractivity (Wildman–Crippen MR) is 75.5 cm³/mol. The number of hydrogen-bond acceptors (Lipinski definition) is 4. The van der Waals surface area contributed by atoms with Crippen molar-refractivity contribution >= 4 is 32.7 Å². The number of nitrogens with two attached hydrogens (primary N) is 1. The van der Waals surface area contributed by atoms with Crippen LogP contribution in [0, 0.1) is 0 Å². The van der Waals surface area contributed by atoms with E-state index in [0.29, 0.717) is 11.3 Å². The molecule has 0 saturated carbocycles. The third-order valence-electron chi connectivity index (χ3n) is 3.37. The van der Waals surface area contributed by atoms with Crippen molar-refractivity contribution in [2.75, 3.05) is 25.4 Å². The molecule has 4 nitrogen and oxygen atoms in total. The second-order valence-electron chi connectivity index (χ2n) is 4.75. The molecule has 0 amide bonds. The summed E-state index contributed by atoms with van der Waals surface area (Å²) in [4.78, 5) is 6.94. The number of fused-ring (bicyclic) bond motifs is 1. The monoisotopic (exact) mass is 309 g/mol. The fourth-order valence-electron chi connectivity index (χ4n) is 2.44. The van der Waals surface area contributed by atoms with Crippen LogP contribution in [0.4, 0.5) is 5.69 Å². The smallest absolute Gasteiger partial charge is 0.196 e. The number of hydrogen-bond donors (Lipinski definition) is 1. The average molecular weight is 310 g/mol. The minimum atomic E-state index is 0.638. The number of halogens is 1. The lowest BCUT2D eigenvalue weighted by atomic mass is 10.3. The maximum atomic E-state index is 5.91. The van der Waals surface area contributed by atoms with E-state index in [9.17, 15) is 0 Å². The highest BCUT2D eigenvalue weighted by atomic mass is 79.9. The molecule has 0 spiro atoms. The van der Waals surface area contributed by atoms with Crippen LogP contribution in [0.5, 0.6) is 0 Å². The lowest BCUT2D eigenvalue weighted by Crippen LogP contribution is -2.21. The van der Waals surface area contributed by atoms with Gasteiger partial charge in [-0.3, -0.25) is 0 Å². The first-order valence-electron chi connectivity index (χ1n) is 6.29. The van der Waals surface area contributed by atoms with Crippen LogP contribution in [0.3, 0.4) is 0 Å². The van der Waals surface area contributed by atoms with Gasteiger partial charge in [0.2, 0.25) is 0 Å². The van der Waals surface area contributed by atoms with Gasteiger partial charge in [-0.25, -0.2) is 4.98 Å². The topological polar surface area (TPSA) is 55.3 Å². The summed E-state index contributed by atoms with van der Waals surface area (Å²) in [6.07, 6.45) is 3.48. The molecule has 3 rings (SSSR count). The Morgan fingerprint density at radius 2 is 2.11 bits per heavy atom. The molecule has 18 heavy (non-hydrogen) atoms. The van der Waals surface area contributed by atoms with Crippen LogP contribution < -0.4 is 5.73 Å². The van der Waals surface area contributed by atoms with Crippen molar-refractivity contribution in [1.29, 1.82) is 0 Å². The molecule has 0 unspecified atom stereocenters. The lowest BCUT2D eigenvalue weighted by molar-refractivity contribution is 0.330. The van der Waals surface area contributed by atoms with Gasteiger partial charge < -0.3 is 15.1 Å². The fraction of sp³-hybridized carbons (Fsp3) is 0.462. The van der Waals surface area contributed by atoms with Gasteiger partial charge in [-0.15, -0.1) is 0 Å². The molecule has 0 radical (unpaired) electrons. The molecule has 0 atom stereocenters. The van der Waals surface area contributed by atoms with Gasteiger partial charge in [-0.05, 0) is 38.1 Å². The second kappa shape index (κ2) is 4.90. The number of nitrogen functional groups attached to an aromatic ring is 1. The highest BCUT2D eigenvalue weighted by molar-refractivity contribution is 9.10. The summed E-state index contributed by atoms with van der Waals surface area (Å²) in [5, 5.41) is 0. The zero-order chi connectivity index (χ0) is 12.5. The van der Waals surface area contributed by atoms with Crippen molar-refractivity contribution in [3.63, 3.8) is 0 Å². The Kier molecular flexibility index (Phi) is 3.26. The molecule has 2 N–H and O–H groups in total. The molecule has 1 aliphatic heterocycles. The Morgan fingerprint density at radius 1 is 1.33 bits per heavy atom. The molecular formula is C13H16BrN3O. The largest absolute Gasteiger partial charge is 0.438 e. The van der Waals surface area contributed by atoms with E-state index in [4.69, 9.17) is 10.2 Å². The minimum Gasteiger partial charge on any atom is -0.438 e. The van der Waals surface area contributed by atoms with Gasteiger partial charge in [0, 0.05) is 17.4 Å². The first-order chi connectivity index (χ1) is 8.72. The van der Waals surface area contributed by atoms with Crippen LogP contribution in [0.1, 0.15) is 18.7 Å². The van der Waals surface area contributed by atoms with Gasteiger partial charge in [0.05, 0.1) is 5.69 Å². The SMILES string of the molecule is Nc1cc(Br)cc2nc(CCN3CCCC3)oc12. The zero-order valence-corrected chi connectivity index (χ0v) is 11.7. The number of benzene rings is 1. The second-order valence-corrected chi connectivity index (χ2v) is 5.67. The molecular weight excluding hydrogens is 294 g/mol. The molecule has 5 heteroatoms. The van der Waals surface area contributed by atoms with E-state index in [1.54, 1.807) is 0 Å². The van der Waals surface area contributed by atoms with E-state index in [2.05, 4.69) is 25.8 Å². The molecule has 96 valence electrons. The zero-order valence-electron chi connectivity index (χ0n) is 10.2. The van der Waals surface area contributed by atoms with Crippen molar-refractivity contribution in [1.82, 2.24) is 9.88 Å². The highest BCUT2D eigenvalue weighted by Gasteiger charge is 2.14. The number of nitrogens with zero attached hydrogens (tertiary/aromatic N) is 2. The summed E-state index contributed by atoms with van der Waals surface area (Å²) in [5.74, 6) is 0.779. The van der Waals surface area contributed by atoms with Crippen LogP contribution in [-0.4, -0.2) is 29.5 Å². The minimum absolute atomic E-state index is 0.638. The number of rotatable bonds is 3. The summed E-state index contributed by atoms with van der Waals surface area (Å²) in [6, 6.07) is 3.78. The normalized spacial score (nSPS) is 16.7. The Morgan fingerprint density at radius 3 is 2.89 bits per heavy atom. The molecule has 1 aliphatic rings. The van der Waals surface area contributed by atoms with Crippen LogP contribution in [0.25, 0.3) is 11.1 Å². The van der Waals surface area contributed by atoms with Crippen LogP contribution in [0.2, 0.25) is 0 Å². The molecule has 0 aliphatic carbocycles. The molecule has 1 aromatic carbocycles. The van der Waals surface area contributed by atoms with E-state index < -0.39 is 0 Å². The van der Waals surface area contributed by atoms with E-state index in [-0.39, 0.29) is 0 Å². The molecule has 1 aromatic heterocycles. The van der Waals surface area contributed by atoms with E-state index in [0.717, 1.165) is 28.8 Å². The van der Waals surface area contributed by atoms with E-state index in [1.807, 2.05) is 12.1 Å². The maximum Gasteiger partial charge on any atom is 0.196 e. The first kappa shape index (κ1) is 12.0. The van der Waals surface area contributed by atoms with Crippen molar-refractivity contribution in [3.05, 3.63) is 22.5 Å². The van der Waals surface area contributed by atoms with E-state index >= 15 is 0 Å². The number of likely N-dealkylation sites (tertiary alicyclic amines) is 1. The lowest BCUT2D eigenvalue weighted by Gasteiger charge is -2.12. The molecule has 1 saturated heterocycles. The molecule has 1 fully saturated rings. The Hall–Kier alpha value is -1.07. The van der Waals surface area contributed by atoms with Crippen molar-refractivity contribution in [2.45, 2.75) is 19.3 Å². The number of aromatic nitrogens is 1. The Labute approximate surface area is 114 Å². The summed E-state index contributed by atoms with van der Waals surface area (Å²) in [7, 11) is 0. The van der Waals surface area contributed by atoms with Gasteiger partial charge in [0.15, 0.2) is 11.5 Å². The van der Waals surface area contributed by atoms with Crippen molar-refractivity contribution < 1.29 is 4.42 Å². The van der Waals surface area contributed by atoms with Crippen LogP contribution in [0.15, 0.2) is 21.0 Å². The van der Waals surface area contributed by atoms with Crippen molar-refractivity contribution in [2.24, 2.45) is 0 Å². The molecule has 2 aromatic rings. The average Bonchev–Trinajstić information content (AvgIpc) is 2.93. The fourth-order valence-corrected chi connectivity index (χ4v) is 2.90. The summed E-state index contributed by atoms with van der Waals surface area (Å²) >= 11 is 3.42. The van der Waals surface area contributed by atoms with Gasteiger partial charge in [-0.2, -0.15) is 0 Å². The number of oxazole rings is 1. The van der Waals surface area contributed by atoms with Gasteiger partial charge in [0.1, 0.15) is 5.52 Å². The quantitative estimate of drug-likeness (QED) is 0.886. The maximum absolute atomic E-state index is 5.91. The Bertz CT molecular complexity index is 561. The summed E-state index contributed by atoms with van der Waals surface area (Å²) in [5.41, 5.74) is 8.09. The van der Waals surface area contributed by atoms with Crippen LogP contribution >= 0.6 is 15.9 Å². The molecule has 2 heterocycles. The third kappa shape index (κ3) is 2.37. The standard InChI is InChI=1S/C13H16BrN3O/c14-9-7-10(15)13-11(8-9)16-12(18-13)3-6-17-4-1-2-5-17/h7-8H,1-6,15H2. The van der Waals surface area contributed by atoms with Crippen LogP contribution in [-0.2, 0) is 6.42 Å². The van der Waals surface area contributed by atoms with Crippen molar-refractivity contribution in [3.8, 4) is 0 Å². The Balaban J connectivity index is 1.78. The first-order valence-corrected chi connectivity index (χ1v) is 7.08. The predicted octanol–water partition coefficient (Wildman–Crippen LogP) is 2.81. The third-order valence-corrected chi connectivity index (χ3v) is 3.83. The van der Waals surface area contributed by atoms with E-state index in [1.165, 1.54) is 25.9 Å². The highest BCUT2D eigenvalue weighted by Crippen LogP contribution is 2.27. The van der Waals surface area contributed by atoms with Gasteiger partial charge in [-0.1, -0.05) is 15.9 Å². The summed E-state index contributed by atoms with van der Waals surface area (Å²) in [6.45, 7) is 3.43. The summed E-state index contributed by atoms with van der Waals surface area (Å²) < 4.78 is 6.67.